The molecule has 5 nitrogen and oxygen atoms in total. The van der Waals surface area contributed by atoms with Gasteiger partial charge in [0.25, 0.3) is 0 Å². The Morgan fingerprint density at radius 2 is 1.94 bits per heavy atom. The Hall–Kier alpha value is -1.36. The summed E-state index contributed by atoms with van der Waals surface area (Å²) in [6.45, 7) is 4.42. The van der Waals surface area contributed by atoms with Gasteiger partial charge in [-0.15, -0.1) is 0 Å². The molecule has 18 heavy (non-hydrogen) atoms. The minimum atomic E-state index is 0.169. The Morgan fingerprint density at radius 3 is 2.56 bits per heavy atom. The number of anilines is 2. The number of nitrogen functional groups attached to an aromatic ring is 1. The Kier molecular flexibility index (Phi) is 4.01. The molecule has 1 saturated carbocycles. The lowest BCUT2D eigenvalue weighted by Crippen LogP contribution is -2.32. The molecule has 0 aliphatic heterocycles. The van der Waals surface area contributed by atoms with Crippen LogP contribution in [0.5, 0.6) is 0 Å². The van der Waals surface area contributed by atoms with Crippen LogP contribution in [-0.4, -0.2) is 15.5 Å². The Balaban J connectivity index is 2.25. The van der Waals surface area contributed by atoms with E-state index in [0.717, 1.165) is 30.0 Å². The van der Waals surface area contributed by atoms with Crippen molar-refractivity contribution in [3.8, 4) is 0 Å². The zero-order valence-electron chi connectivity index (χ0n) is 11.3. The average Bonchev–Trinajstić information content (AvgIpc) is 2.78. The quantitative estimate of drug-likeness (QED) is 0.552. The van der Waals surface area contributed by atoms with Crippen molar-refractivity contribution in [3.05, 3.63) is 11.9 Å². The van der Waals surface area contributed by atoms with E-state index in [2.05, 4.69) is 34.6 Å². The minimum absolute atomic E-state index is 0.169. The normalized spacial score (nSPS) is 17.7. The van der Waals surface area contributed by atoms with Crippen molar-refractivity contribution in [1.29, 1.82) is 0 Å². The number of nitrogens with two attached hydrogens (primary N) is 1. The van der Waals surface area contributed by atoms with Crippen molar-refractivity contribution < 1.29 is 0 Å². The Labute approximate surface area is 109 Å². The third-order valence-corrected chi connectivity index (χ3v) is 3.71. The van der Waals surface area contributed by atoms with Crippen LogP contribution in [-0.2, 0) is 6.42 Å². The molecular formula is C13H23N5. The van der Waals surface area contributed by atoms with Gasteiger partial charge >= 0.3 is 0 Å². The second kappa shape index (κ2) is 5.52. The highest BCUT2D eigenvalue weighted by Crippen LogP contribution is 2.33. The zero-order chi connectivity index (χ0) is 13.0. The van der Waals surface area contributed by atoms with Crippen molar-refractivity contribution in [2.24, 2.45) is 5.84 Å². The molecule has 0 atom stereocenters. The molecule has 0 spiro atoms. The van der Waals surface area contributed by atoms with Crippen LogP contribution >= 0.6 is 0 Å². The van der Waals surface area contributed by atoms with E-state index < -0.39 is 0 Å². The second-order valence-electron chi connectivity index (χ2n) is 5.34. The van der Waals surface area contributed by atoms with Crippen LogP contribution in [0.4, 0.5) is 11.6 Å². The van der Waals surface area contributed by atoms with E-state index in [4.69, 9.17) is 5.84 Å². The molecule has 1 aromatic heterocycles. The minimum Gasteiger partial charge on any atom is -0.365 e. The second-order valence-corrected chi connectivity index (χ2v) is 5.34. The third kappa shape index (κ3) is 2.72. The van der Waals surface area contributed by atoms with Gasteiger partial charge in [-0.3, -0.25) is 0 Å². The average molecular weight is 249 g/mol. The molecule has 1 heterocycles. The maximum absolute atomic E-state index is 5.52. The summed E-state index contributed by atoms with van der Waals surface area (Å²) in [5.74, 6) is 7.19. The zero-order valence-corrected chi connectivity index (χ0v) is 11.3. The summed E-state index contributed by atoms with van der Waals surface area (Å²) in [4.78, 5) is 8.58. The Bertz CT molecular complexity index is 398. The molecule has 5 heteroatoms. The number of rotatable bonds is 5. The first-order valence-corrected chi connectivity index (χ1v) is 6.77. The largest absolute Gasteiger partial charge is 0.365 e. The van der Waals surface area contributed by atoms with Crippen LogP contribution in [0.25, 0.3) is 0 Å². The van der Waals surface area contributed by atoms with E-state index in [1.165, 1.54) is 25.7 Å². The van der Waals surface area contributed by atoms with Gasteiger partial charge in [-0.05, 0) is 26.2 Å². The molecule has 2 rings (SSSR count). The van der Waals surface area contributed by atoms with Crippen LogP contribution < -0.4 is 16.6 Å². The molecule has 0 bridgehead atoms. The molecule has 1 aliphatic carbocycles. The fourth-order valence-corrected chi connectivity index (χ4v) is 2.70. The summed E-state index contributed by atoms with van der Waals surface area (Å²) in [5.41, 5.74) is 3.93. The molecule has 1 aromatic rings. The van der Waals surface area contributed by atoms with Gasteiger partial charge in [-0.2, -0.15) is 0 Å². The maximum Gasteiger partial charge on any atom is 0.148 e. The van der Waals surface area contributed by atoms with E-state index in [1.54, 1.807) is 6.33 Å². The number of nitrogens with zero attached hydrogens (tertiary/aromatic N) is 2. The highest BCUT2D eigenvalue weighted by atomic mass is 15.3. The lowest BCUT2D eigenvalue weighted by atomic mass is 10.00. The van der Waals surface area contributed by atoms with E-state index in [9.17, 15) is 0 Å². The van der Waals surface area contributed by atoms with Gasteiger partial charge in [0.1, 0.15) is 18.0 Å². The molecule has 0 amide bonds. The number of hydrogen-bond acceptors (Lipinski definition) is 5. The highest BCUT2D eigenvalue weighted by Gasteiger charge is 2.29. The fraction of sp³-hybridized carbons (Fsp3) is 0.692. The van der Waals surface area contributed by atoms with Crippen LogP contribution in [0.2, 0.25) is 0 Å². The first-order chi connectivity index (χ1) is 8.68. The SMILES string of the molecule is CCCc1c(NN)ncnc1NC1(C)CCCC1. The van der Waals surface area contributed by atoms with Crippen molar-refractivity contribution in [3.63, 3.8) is 0 Å². The van der Waals surface area contributed by atoms with Crippen LogP contribution in [0, 0.1) is 0 Å². The number of nitrogens with one attached hydrogen (secondary N) is 2. The van der Waals surface area contributed by atoms with Gasteiger partial charge in [0.2, 0.25) is 0 Å². The summed E-state index contributed by atoms with van der Waals surface area (Å²) in [7, 11) is 0. The van der Waals surface area contributed by atoms with Gasteiger partial charge < -0.3 is 10.7 Å². The van der Waals surface area contributed by atoms with E-state index in [0.29, 0.717) is 0 Å². The third-order valence-electron chi connectivity index (χ3n) is 3.71. The van der Waals surface area contributed by atoms with Crippen molar-refractivity contribution in [1.82, 2.24) is 9.97 Å². The standard InChI is InChI=1S/C13H23N5/c1-3-6-10-11(15-9-16-12(10)18-14)17-13(2)7-4-5-8-13/h9H,3-8,14H2,1-2H3,(H2,15,16,17,18). The van der Waals surface area contributed by atoms with E-state index >= 15 is 0 Å². The summed E-state index contributed by atoms with van der Waals surface area (Å²) >= 11 is 0. The highest BCUT2D eigenvalue weighted by molar-refractivity contribution is 5.58. The molecule has 1 aliphatic rings. The van der Waals surface area contributed by atoms with Crippen molar-refractivity contribution in [2.75, 3.05) is 10.7 Å². The van der Waals surface area contributed by atoms with E-state index in [1.807, 2.05) is 0 Å². The molecule has 0 saturated heterocycles. The molecule has 4 N–H and O–H groups in total. The molecule has 1 fully saturated rings. The molecule has 100 valence electrons. The van der Waals surface area contributed by atoms with Crippen LogP contribution in [0.3, 0.4) is 0 Å². The number of hydrogen-bond donors (Lipinski definition) is 3. The molecule has 0 radical (unpaired) electrons. The number of aromatic nitrogens is 2. The van der Waals surface area contributed by atoms with Gasteiger partial charge in [-0.25, -0.2) is 15.8 Å². The lowest BCUT2D eigenvalue weighted by molar-refractivity contribution is 0.530. The fourth-order valence-electron chi connectivity index (χ4n) is 2.70. The number of hydrazine groups is 1. The monoisotopic (exact) mass is 249 g/mol. The van der Waals surface area contributed by atoms with E-state index in [-0.39, 0.29) is 5.54 Å². The summed E-state index contributed by atoms with van der Waals surface area (Å²) in [5, 5.41) is 3.60. The topological polar surface area (TPSA) is 75.9 Å². The summed E-state index contributed by atoms with van der Waals surface area (Å²) in [6.07, 6.45) is 8.53. The molecule has 0 unspecified atom stereocenters. The van der Waals surface area contributed by atoms with Gasteiger partial charge in [0.05, 0.1) is 0 Å². The predicted octanol–water partition coefficient (Wildman–Crippen LogP) is 2.46. The smallest absolute Gasteiger partial charge is 0.148 e. The maximum atomic E-state index is 5.52. The molecular weight excluding hydrogens is 226 g/mol. The van der Waals surface area contributed by atoms with Gasteiger partial charge in [-0.1, -0.05) is 26.2 Å². The lowest BCUT2D eigenvalue weighted by Gasteiger charge is -2.27. The van der Waals surface area contributed by atoms with Crippen LogP contribution in [0.1, 0.15) is 51.5 Å². The Morgan fingerprint density at radius 1 is 1.28 bits per heavy atom. The first kappa shape index (κ1) is 13.1. The van der Waals surface area contributed by atoms with Gasteiger partial charge in [0, 0.05) is 11.1 Å². The summed E-state index contributed by atoms with van der Waals surface area (Å²) in [6, 6.07) is 0. The van der Waals surface area contributed by atoms with Crippen LogP contribution in [0.15, 0.2) is 6.33 Å². The first-order valence-electron chi connectivity index (χ1n) is 6.77. The predicted molar refractivity (Wildman–Crippen MR) is 74.3 cm³/mol. The van der Waals surface area contributed by atoms with Crippen molar-refractivity contribution >= 4 is 11.6 Å². The molecule has 0 aromatic carbocycles. The van der Waals surface area contributed by atoms with Gasteiger partial charge in [0.15, 0.2) is 0 Å². The van der Waals surface area contributed by atoms with Crippen molar-refractivity contribution in [2.45, 2.75) is 57.9 Å². The summed E-state index contributed by atoms with van der Waals surface area (Å²) < 4.78 is 0.